The van der Waals surface area contributed by atoms with Crippen molar-refractivity contribution >= 4 is 10.8 Å². The molecule has 0 saturated heterocycles. The van der Waals surface area contributed by atoms with Crippen LogP contribution in [0.25, 0.3) is 10.8 Å². The zero-order valence-corrected chi connectivity index (χ0v) is 11.1. The molecule has 0 heterocycles. The van der Waals surface area contributed by atoms with Crippen molar-refractivity contribution in [3.63, 3.8) is 0 Å². The smallest absolute Gasteiger partial charge is 0.129 e. The first-order chi connectivity index (χ1) is 10.2. The van der Waals surface area contributed by atoms with Crippen LogP contribution >= 0.6 is 0 Å². The van der Waals surface area contributed by atoms with Crippen LogP contribution in [0, 0.1) is 17.1 Å². The molecule has 0 aliphatic rings. The maximum Gasteiger partial charge on any atom is 0.129 e. The minimum atomic E-state index is -1.09. The van der Waals surface area contributed by atoms with Crippen LogP contribution in [0.15, 0.2) is 60.7 Å². The highest BCUT2D eigenvalue weighted by Gasteiger charge is 2.16. The molecule has 0 fully saturated rings. The average molecular weight is 277 g/mol. The largest absolute Gasteiger partial charge is 0.384 e. The van der Waals surface area contributed by atoms with Crippen molar-refractivity contribution in [2.45, 2.75) is 6.10 Å². The molecule has 3 heteroatoms. The number of halogens is 1. The highest BCUT2D eigenvalue weighted by Crippen LogP contribution is 2.27. The van der Waals surface area contributed by atoms with Crippen molar-refractivity contribution in [3.8, 4) is 6.07 Å². The third-order valence-corrected chi connectivity index (χ3v) is 3.51. The molecule has 0 bridgehead atoms. The summed E-state index contributed by atoms with van der Waals surface area (Å²) in [7, 11) is 0. The highest BCUT2D eigenvalue weighted by atomic mass is 19.1. The number of aliphatic hydroxyl groups is 1. The highest BCUT2D eigenvalue weighted by molar-refractivity contribution is 5.83. The van der Waals surface area contributed by atoms with E-state index in [9.17, 15) is 9.50 Å². The fourth-order valence-corrected chi connectivity index (χ4v) is 2.38. The third kappa shape index (κ3) is 2.49. The fraction of sp³-hybridized carbons (Fsp3) is 0.0556. The lowest BCUT2D eigenvalue weighted by Gasteiger charge is -2.13. The number of hydrogen-bond acceptors (Lipinski definition) is 2. The minimum Gasteiger partial charge on any atom is -0.384 e. The standard InChI is InChI=1S/C18H12FNO/c19-17-8-5-12(11-20)9-16(17)18(21)15-7-6-13-3-1-2-4-14(13)10-15/h1-10,18,21H. The van der Waals surface area contributed by atoms with Crippen molar-refractivity contribution in [3.05, 3.63) is 83.2 Å². The van der Waals surface area contributed by atoms with Crippen molar-refractivity contribution < 1.29 is 9.50 Å². The van der Waals surface area contributed by atoms with E-state index >= 15 is 0 Å². The molecule has 1 N–H and O–H groups in total. The van der Waals surface area contributed by atoms with Crippen LogP contribution in [0.4, 0.5) is 4.39 Å². The number of nitrogens with zero attached hydrogens (tertiary/aromatic N) is 1. The summed E-state index contributed by atoms with van der Waals surface area (Å²) in [5, 5.41) is 21.3. The van der Waals surface area contributed by atoms with E-state index in [2.05, 4.69) is 0 Å². The molecule has 2 nitrogen and oxygen atoms in total. The van der Waals surface area contributed by atoms with Crippen LogP contribution in [0.3, 0.4) is 0 Å². The Balaban J connectivity index is 2.08. The Kier molecular flexibility index (Phi) is 3.39. The van der Waals surface area contributed by atoms with Crippen LogP contribution in [0.1, 0.15) is 22.8 Å². The van der Waals surface area contributed by atoms with Crippen molar-refractivity contribution in [1.29, 1.82) is 5.26 Å². The molecule has 3 aromatic carbocycles. The van der Waals surface area contributed by atoms with Gasteiger partial charge in [0.2, 0.25) is 0 Å². The Labute approximate surface area is 121 Å². The first kappa shape index (κ1) is 13.3. The topological polar surface area (TPSA) is 44.0 Å². The zero-order chi connectivity index (χ0) is 14.8. The maximum absolute atomic E-state index is 13.9. The van der Waals surface area contributed by atoms with E-state index in [-0.39, 0.29) is 5.56 Å². The van der Waals surface area contributed by atoms with Crippen LogP contribution in [-0.2, 0) is 0 Å². The van der Waals surface area contributed by atoms with E-state index in [1.807, 2.05) is 42.5 Å². The summed E-state index contributed by atoms with van der Waals surface area (Å²) in [6.45, 7) is 0. The van der Waals surface area contributed by atoms with Gasteiger partial charge in [0.05, 0.1) is 11.6 Å². The first-order valence-electron chi connectivity index (χ1n) is 6.55. The molecule has 0 radical (unpaired) electrons. The first-order valence-corrected chi connectivity index (χ1v) is 6.55. The molecule has 1 atom stereocenters. The van der Waals surface area contributed by atoms with Crippen LogP contribution in [0.2, 0.25) is 0 Å². The molecule has 0 aliphatic carbocycles. The maximum atomic E-state index is 13.9. The number of nitriles is 1. The van der Waals surface area contributed by atoms with Gasteiger partial charge in [-0.1, -0.05) is 36.4 Å². The summed E-state index contributed by atoms with van der Waals surface area (Å²) in [4.78, 5) is 0. The van der Waals surface area contributed by atoms with E-state index in [1.165, 1.54) is 18.2 Å². The predicted octanol–water partition coefficient (Wildman–Crippen LogP) is 3.93. The Bertz CT molecular complexity index is 851. The summed E-state index contributed by atoms with van der Waals surface area (Å²) in [6, 6.07) is 19.2. The lowest BCUT2D eigenvalue weighted by molar-refractivity contribution is 0.215. The van der Waals surface area contributed by atoms with Gasteiger partial charge < -0.3 is 5.11 Å². The molecule has 0 spiro atoms. The second-order valence-electron chi connectivity index (χ2n) is 4.86. The Morgan fingerprint density at radius 3 is 2.48 bits per heavy atom. The van der Waals surface area contributed by atoms with E-state index < -0.39 is 11.9 Å². The monoisotopic (exact) mass is 277 g/mol. The molecule has 3 rings (SSSR count). The Morgan fingerprint density at radius 2 is 1.71 bits per heavy atom. The molecule has 0 aliphatic heterocycles. The zero-order valence-electron chi connectivity index (χ0n) is 11.1. The predicted molar refractivity (Wildman–Crippen MR) is 79.1 cm³/mol. The Hall–Kier alpha value is -2.70. The molecule has 0 saturated carbocycles. The van der Waals surface area contributed by atoms with Crippen molar-refractivity contribution in [2.24, 2.45) is 0 Å². The van der Waals surface area contributed by atoms with Gasteiger partial charge in [0, 0.05) is 5.56 Å². The van der Waals surface area contributed by atoms with Crippen LogP contribution in [0.5, 0.6) is 0 Å². The van der Waals surface area contributed by atoms with Gasteiger partial charge in [-0.15, -0.1) is 0 Å². The molecule has 0 aromatic heterocycles. The van der Waals surface area contributed by atoms with Gasteiger partial charge in [-0.2, -0.15) is 5.26 Å². The van der Waals surface area contributed by atoms with Gasteiger partial charge in [-0.05, 0) is 40.6 Å². The second-order valence-corrected chi connectivity index (χ2v) is 4.86. The van der Waals surface area contributed by atoms with Gasteiger partial charge in [0.1, 0.15) is 11.9 Å². The molecular formula is C18H12FNO. The molecular weight excluding hydrogens is 265 g/mol. The average Bonchev–Trinajstić information content (AvgIpc) is 2.54. The van der Waals surface area contributed by atoms with E-state index in [1.54, 1.807) is 6.07 Å². The SMILES string of the molecule is N#Cc1ccc(F)c(C(O)c2ccc3ccccc3c2)c1. The van der Waals surface area contributed by atoms with Crippen LogP contribution in [-0.4, -0.2) is 5.11 Å². The van der Waals surface area contributed by atoms with E-state index in [0.29, 0.717) is 11.1 Å². The van der Waals surface area contributed by atoms with Crippen molar-refractivity contribution in [2.75, 3.05) is 0 Å². The van der Waals surface area contributed by atoms with E-state index in [4.69, 9.17) is 5.26 Å². The Morgan fingerprint density at radius 1 is 0.952 bits per heavy atom. The second kappa shape index (κ2) is 5.35. The quantitative estimate of drug-likeness (QED) is 0.771. The van der Waals surface area contributed by atoms with E-state index in [0.717, 1.165) is 10.8 Å². The van der Waals surface area contributed by atoms with Gasteiger partial charge in [-0.3, -0.25) is 0 Å². The fourth-order valence-electron chi connectivity index (χ4n) is 2.38. The molecule has 3 aromatic rings. The summed E-state index contributed by atoms with van der Waals surface area (Å²) in [6.07, 6.45) is -1.09. The lowest BCUT2D eigenvalue weighted by atomic mass is 9.97. The summed E-state index contributed by atoms with van der Waals surface area (Å²) >= 11 is 0. The summed E-state index contributed by atoms with van der Waals surface area (Å²) in [5.74, 6) is -0.519. The normalized spacial score (nSPS) is 12.0. The molecule has 1 unspecified atom stereocenters. The number of benzene rings is 3. The molecule has 102 valence electrons. The molecule has 0 amide bonds. The van der Waals surface area contributed by atoms with Gasteiger partial charge in [0.25, 0.3) is 0 Å². The third-order valence-electron chi connectivity index (χ3n) is 3.51. The van der Waals surface area contributed by atoms with Gasteiger partial charge in [0.15, 0.2) is 0 Å². The lowest BCUT2D eigenvalue weighted by Crippen LogP contribution is -2.03. The molecule has 21 heavy (non-hydrogen) atoms. The number of fused-ring (bicyclic) bond motifs is 1. The van der Waals surface area contributed by atoms with Crippen LogP contribution < -0.4 is 0 Å². The van der Waals surface area contributed by atoms with Crippen molar-refractivity contribution in [1.82, 2.24) is 0 Å². The number of aliphatic hydroxyl groups excluding tert-OH is 1. The van der Waals surface area contributed by atoms with Gasteiger partial charge in [-0.25, -0.2) is 4.39 Å². The minimum absolute atomic E-state index is 0.115. The number of rotatable bonds is 2. The summed E-state index contributed by atoms with van der Waals surface area (Å²) in [5.41, 5.74) is 1.04. The van der Waals surface area contributed by atoms with Gasteiger partial charge >= 0.3 is 0 Å². The number of hydrogen-bond donors (Lipinski definition) is 1. The summed E-state index contributed by atoms with van der Waals surface area (Å²) < 4.78 is 13.9.